The predicted molar refractivity (Wildman–Crippen MR) is 107 cm³/mol. The molecule has 0 saturated carbocycles. The zero-order valence-electron chi connectivity index (χ0n) is 16.3. The highest BCUT2D eigenvalue weighted by atomic mass is 32.2. The number of carbonyl (C=O) groups excluding carboxylic acids is 1. The molecular weight excluding hydrogens is 383 g/mol. The topological polar surface area (TPSA) is 75.7 Å². The average molecular weight is 408 g/mol. The first-order chi connectivity index (χ1) is 13.1. The van der Waals surface area contributed by atoms with Gasteiger partial charge in [0, 0.05) is 0 Å². The zero-order chi connectivity index (χ0) is 20.9. The van der Waals surface area contributed by atoms with Crippen molar-refractivity contribution in [1.29, 1.82) is 0 Å². The van der Waals surface area contributed by atoms with Crippen LogP contribution < -0.4 is 14.4 Å². The number of carbonyl (C=O) groups is 1. The van der Waals surface area contributed by atoms with Crippen molar-refractivity contribution in [2.75, 3.05) is 17.2 Å². The van der Waals surface area contributed by atoms with E-state index in [1.807, 2.05) is 38.1 Å². The number of halogens is 1. The molecule has 2 aromatic carbocycles. The van der Waals surface area contributed by atoms with E-state index in [0.717, 1.165) is 34.0 Å². The fraction of sp³-hybridized carbons (Fsp3) is 0.350. The van der Waals surface area contributed by atoms with Crippen LogP contribution in [-0.2, 0) is 14.8 Å². The maximum atomic E-state index is 13.2. The van der Waals surface area contributed by atoms with E-state index < -0.39 is 27.8 Å². The quantitative estimate of drug-likeness (QED) is 0.728. The minimum atomic E-state index is -3.75. The number of rotatable bonds is 8. The van der Waals surface area contributed by atoms with E-state index >= 15 is 0 Å². The molecule has 152 valence electrons. The monoisotopic (exact) mass is 408 g/mol. The first kappa shape index (κ1) is 21.7. The second-order valence-corrected chi connectivity index (χ2v) is 8.30. The summed E-state index contributed by atoms with van der Waals surface area (Å²) in [6, 6.07) is 10.9. The fourth-order valence-corrected chi connectivity index (χ4v) is 4.01. The Morgan fingerprint density at radius 1 is 1.11 bits per heavy atom. The van der Waals surface area contributed by atoms with Gasteiger partial charge in [-0.2, -0.15) is 0 Å². The zero-order valence-corrected chi connectivity index (χ0v) is 17.2. The van der Waals surface area contributed by atoms with E-state index in [1.165, 1.54) is 19.1 Å². The summed E-state index contributed by atoms with van der Waals surface area (Å²) in [5.74, 6) is -0.215. The molecule has 8 heteroatoms. The van der Waals surface area contributed by atoms with Crippen LogP contribution in [0, 0.1) is 5.82 Å². The van der Waals surface area contributed by atoms with Crippen LogP contribution in [0.2, 0.25) is 0 Å². The van der Waals surface area contributed by atoms with Gasteiger partial charge in [0.25, 0.3) is 0 Å². The Morgan fingerprint density at radius 3 is 2.18 bits per heavy atom. The number of amides is 1. The predicted octanol–water partition coefficient (Wildman–Crippen LogP) is 3.26. The number of hydrogen-bond acceptors (Lipinski definition) is 4. The van der Waals surface area contributed by atoms with Crippen LogP contribution >= 0.6 is 0 Å². The summed E-state index contributed by atoms with van der Waals surface area (Å²) < 4.78 is 44.1. The van der Waals surface area contributed by atoms with Crippen LogP contribution in [0.3, 0.4) is 0 Å². The molecule has 0 spiro atoms. The lowest BCUT2D eigenvalue weighted by Gasteiger charge is -2.29. The van der Waals surface area contributed by atoms with Crippen molar-refractivity contribution < 1.29 is 22.3 Å². The summed E-state index contributed by atoms with van der Waals surface area (Å²) in [7, 11) is -3.75. The standard InChI is InChI=1S/C20H25FN2O4S/c1-5-27-19-12-6-16(7-13-19)14(2)22-20(24)15(3)23(28(4,25)26)18-10-8-17(21)9-11-18/h6-15H,5H2,1-4H3,(H,22,24). The van der Waals surface area contributed by atoms with Crippen LogP contribution in [0.5, 0.6) is 5.75 Å². The third-order valence-corrected chi connectivity index (χ3v) is 5.46. The van der Waals surface area contributed by atoms with Crippen molar-refractivity contribution in [3.05, 3.63) is 59.9 Å². The maximum Gasteiger partial charge on any atom is 0.244 e. The second-order valence-electron chi connectivity index (χ2n) is 6.44. The molecule has 1 N–H and O–H groups in total. The van der Waals surface area contributed by atoms with E-state index in [9.17, 15) is 17.6 Å². The average Bonchev–Trinajstić information content (AvgIpc) is 2.63. The third kappa shape index (κ3) is 5.45. The molecule has 2 unspecified atom stereocenters. The first-order valence-corrected chi connectivity index (χ1v) is 10.8. The number of hydrogen-bond donors (Lipinski definition) is 1. The first-order valence-electron chi connectivity index (χ1n) is 8.91. The van der Waals surface area contributed by atoms with Crippen LogP contribution in [0.25, 0.3) is 0 Å². The Bertz CT molecular complexity index is 899. The van der Waals surface area contributed by atoms with Crippen LogP contribution in [-0.4, -0.2) is 33.2 Å². The Hall–Kier alpha value is -2.61. The largest absolute Gasteiger partial charge is 0.494 e. The summed E-state index contributed by atoms with van der Waals surface area (Å²) in [4.78, 5) is 12.7. The van der Waals surface area contributed by atoms with E-state index in [0.29, 0.717) is 6.61 Å². The van der Waals surface area contributed by atoms with Gasteiger partial charge in [-0.05, 0) is 62.7 Å². The number of anilines is 1. The summed E-state index contributed by atoms with van der Waals surface area (Å²) in [6.07, 6.45) is 1.01. The summed E-state index contributed by atoms with van der Waals surface area (Å²) in [6.45, 7) is 5.76. The molecule has 0 radical (unpaired) electrons. The number of nitrogens with one attached hydrogen (secondary N) is 1. The van der Waals surface area contributed by atoms with Gasteiger partial charge in [0.05, 0.1) is 24.6 Å². The lowest BCUT2D eigenvalue weighted by atomic mass is 10.1. The fourth-order valence-electron chi connectivity index (χ4n) is 2.83. The summed E-state index contributed by atoms with van der Waals surface area (Å²) >= 11 is 0. The molecule has 0 aliphatic rings. The van der Waals surface area contributed by atoms with E-state index in [-0.39, 0.29) is 11.7 Å². The van der Waals surface area contributed by atoms with Gasteiger partial charge in [0.1, 0.15) is 17.6 Å². The minimum Gasteiger partial charge on any atom is -0.494 e. The molecule has 6 nitrogen and oxygen atoms in total. The molecule has 2 atom stereocenters. The molecule has 2 aromatic rings. The van der Waals surface area contributed by atoms with Crippen LogP contribution in [0.1, 0.15) is 32.4 Å². The van der Waals surface area contributed by atoms with Crippen molar-refractivity contribution in [1.82, 2.24) is 5.32 Å². The molecule has 0 fully saturated rings. The highest BCUT2D eigenvalue weighted by Gasteiger charge is 2.29. The lowest BCUT2D eigenvalue weighted by molar-refractivity contribution is -0.122. The van der Waals surface area contributed by atoms with Crippen molar-refractivity contribution in [3.63, 3.8) is 0 Å². The highest BCUT2D eigenvalue weighted by molar-refractivity contribution is 7.92. The number of ether oxygens (including phenoxy) is 1. The molecule has 0 aromatic heterocycles. The Balaban J connectivity index is 2.17. The van der Waals surface area contributed by atoms with Crippen LogP contribution in [0.15, 0.2) is 48.5 Å². The molecule has 0 saturated heterocycles. The van der Waals surface area contributed by atoms with E-state index in [1.54, 1.807) is 0 Å². The number of benzene rings is 2. The normalized spacial score (nSPS) is 13.5. The molecule has 0 heterocycles. The van der Waals surface area contributed by atoms with Crippen molar-refractivity contribution in [2.45, 2.75) is 32.9 Å². The molecular formula is C20H25FN2O4S. The Labute approximate surface area is 165 Å². The minimum absolute atomic E-state index is 0.222. The molecule has 0 aliphatic carbocycles. The van der Waals surface area contributed by atoms with Gasteiger partial charge < -0.3 is 10.1 Å². The van der Waals surface area contributed by atoms with E-state index in [2.05, 4.69) is 5.32 Å². The van der Waals surface area contributed by atoms with E-state index in [4.69, 9.17) is 4.74 Å². The second kappa shape index (κ2) is 9.05. The van der Waals surface area contributed by atoms with Crippen molar-refractivity contribution in [3.8, 4) is 5.75 Å². The Morgan fingerprint density at radius 2 is 1.68 bits per heavy atom. The van der Waals surface area contributed by atoms with Gasteiger partial charge in [0.15, 0.2) is 0 Å². The van der Waals surface area contributed by atoms with Gasteiger partial charge in [-0.25, -0.2) is 12.8 Å². The molecule has 0 bridgehead atoms. The number of sulfonamides is 1. The maximum absolute atomic E-state index is 13.2. The molecule has 2 rings (SSSR count). The van der Waals surface area contributed by atoms with Gasteiger partial charge in [-0.3, -0.25) is 9.10 Å². The molecule has 0 aliphatic heterocycles. The molecule has 28 heavy (non-hydrogen) atoms. The number of nitrogens with zero attached hydrogens (tertiary/aromatic N) is 1. The van der Waals surface area contributed by atoms with Gasteiger partial charge >= 0.3 is 0 Å². The SMILES string of the molecule is CCOc1ccc(C(C)NC(=O)C(C)N(c2ccc(F)cc2)S(C)(=O)=O)cc1. The summed E-state index contributed by atoms with van der Waals surface area (Å²) in [5.41, 5.74) is 1.08. The van der Waals surface area contributed by atoms with Gasteiger partial charge in [-0.15, -0.1) is 0 Å². The van der Waals surface area contributed by atoms with Crippen LogP contribution in [0.4, 0.5) is 10.1 Å². The van der Waals surface area contributed by atoms with Crippen molar-refractivity contribution in [2.24, 2.45) is 0 Å². The third-order valence-electron chi connectivity index (χ3n) is 4.22. The van der Waals surface area contributed by atoms with Crippen molar-refractivity contribution >= 4 is 21.6 Å². The Kier molecular flexibility index (Phi) is 7.01. The van der Waals surface area contributed by atoms with Gasteiger partial charge in [0.2, 0.25) is 15.9 Å². The summed E-state index contributed by atoms with van der Waals surface area (Å²) in [5, 5.41) is 2.82. The smallest absolute Gasteiger partial charge is 0.244 e. The van der Waals surface area contributed by atoms with Gasteiger partial charge in [-0.1, -0.05) is 12.1 Å². The lowest BCUT2D eigenvalue weighted by Crippen LogP contribution is -2.48. The molecule has 1 amide bonds. The highest BCUT2D eigenvalue weighted by Crippen LogP contribution is 2.22.